The van der Waals surface area contributed by atoms with E-state index in [-0.39, 0.29) is 0 Å². The third-order valence-electron chi connectivity index (χ3n) is 2.38. The highest BCUT2D eigenvalue weighted by molar-refractivity contribution is 5.66. The summed E-state index contributed by atoms with van der Waals surface area (Å²) in [5.74, 6) is 0. The summed E-state index contributed by atoms with van der Waals surface area (Å²) in [6.07, 6.45) is 2.32. The zero-order valence-electron chi connectivity index (χ0n) is 15.7. The Balaban J connectivity index is 3.42. The van der Waals surface area contributed by atoms with Gasteiger partial charge in [-0.15, -0.1) is 0 Å². The lowest BCUT2D eigenvalue weighted by Crippen LogP contribution is -2.30. The van der Waals surface area contributed by atoms with Crippen LogP contribution in [-0.4, -0.2) is 36.5 Å². The molecule has 2 N–H and O–H groups in total. The monoisotopic (exact) mass is 348 g/mol. The minimum atomic E-state index is -0.590. The molecule has 0 aliphatic heterocycles. The summed E-state index contributed by atoms with van der Waals surface area (Å²) < 4.78 is 0. The summed E-state index contributed by atoms with van der Waals surface area (Å²) in [5.41, 5.74) is -1.05. The van der Waals surface area contributed by atoms with Crippen molar-refractivity contribution >= 4 is 12.2 Å². The van der Waals surface area contributed by atoms with Crippen LogP contribution in [0.5, 0.6) is 0 Å². The number of hydrogen-bond acceptors (Lipinski definition) is 6. The lowest BCUT2D eigenvalue weighted by molar-refractivity contribution is -0.300. The number of carbonyl (C=O) groups excluding carboxylic acids is 2. The van der Waals surface area contributed by atoms with Crippen LogP contribution in [0.3, 0.4) is 0 Å². The van der Waals surface area contributed by atoms with Crippen LogP contribution in [0.25, 0.3) is 0 Å². The van der Waals surface area contributed by atoms with E-state index in [2.05, 4.69) is 20.4 Å². The van der Waals surface area contributed by atoms with Gasteiger partial charge in [0, 0.05) is 13.1 Å². The second kappa shape index (κ2) is 11.1. The molecule has 0 fully saturated rings. The predicted molar refractivity (Wildman–Crippen MR) is 89.1 cm³/mol. The molecule has 0 spiro atoms. The fourth-order valence-electron chi connectivity index (χ4n) is 1.37. The average Bonchev–Trinajstić information content (AvgIpc) is 2.44. The van der Waals surface area contributed by atoms with Crippen LogP contribution in [0.15, 0.2) is 0 Å². The molecular weight excluding hydrogens is 316 g/mol. The van der Waals surface area contributed by atoms with Gasteiger partial charge in [-0.1, -0.05) is 12.8 Å². The van der Waals surface area contributed by atoms with Gasteiger partial charge >= 0.3 is 12.2 Å². The Kier molecular flexibility index (Phi) is 10.4. The highest BCUT2D eigenvalue weighted by Crippen LogP contribution is 2.07. The van der Waals surface area contributed by atoms with E-state index in [9.17, 15) is 9.59 Å². The predicted octanol–water partition coefficient (Wildman–Crippen LogP) is 3.46. The molecule has 0 aliphatic carbocycles. The first kappa shape index (κ1) is 22.5. The van der Waals surface area contributed by atoms with Crippen LogP contribution in [0.4, 0.5) is 9.59 Å². The number of amides is 2. The zero-order chi connectivity index (χ0) is 18.6. The van der Waals surface area contributed by atoms with E-state index in [1.165, 1.54) is 0 Å². The highest BCUT2D eigenvalue weighted by atomic mass is 17.2. The van der Waals surface area contributed by atoms with Crippen LogP contribution in [-0.2, 0) is 19.6 Å². The quantitative estimate of drug-likeness (QED) is 0.376. The summed E-state index contributed by atoms with van der Waals surface area (Å²) in [6.45, 7) is 11.8. The number of carbonyl (C=O) groups is 2. The summed E-state index contributed by atoms with van der Waals surface area (Å²) in [7, 11) is 0. The van der Waals surface area contributed by atoms with E-state index in [1.807, 2.05) is 0 Å². The fraction of sp³-hybridized carbons (Fsp3) is 0.875. The van der Waals surface area contributed by atoms with E-state index in [0.29, 0.717) is 13.1 Å². The molecule has 0 aliphatic rings. The molecule has 24 heavy (non-hydrogen) atoms. The van der Waals surface area contributed by atoms with Crippen LogP contribution in [0, 0.1) is 0 Å². The third kappa shape index (κ3) is 16.8. The maximum absolute atomic E-state index is 11.3. The van der Waals surface area contributed by atoms with E-state index >= 15 is 0 Å². The Morgan fingerprint density at radius 3 is 1.29 bits per heavy atom. The molecule has 2 amide bonds. The molecule has 0 saturated carbocycles. The van der Waals surface area contributed by atoms with Gasteiger partial charge in [-0.3, -0.25) is 9.78 Å². The van der Waals surface area contributed by atoms with Gasteiger partial charge in [0.05, 0.1) is 0 Å². The summed E-state index contributed by atoms with van der Waals surface area (Å²) in [4.78, 5) is 41.6. The SMILES string of the molecule is CC(C)(C)OOC(=O)NCCCCCCNC(=O)OOC(C)(C)C. The second-order valence-corrected chi connectivity index (χ2v) is 7.40. The first-order chi connectivity index (χ1) is 11.0. The standard InChI is InChI=1S/C16H32N2O6/c1-15(2,3)23-21-13(19)17-11-9-7-8-10-12-18-14(20)22-24-16(4,5)6/h7-12H2,1-6H3,(H,17,19)(H,18,20). The molecule has 0 atom stereocenters. The maximum atomic E-state index is 11.3. The van der Waals surface area contributed by atoms with Gasteiger partial charge in [0.25, 0.3) is 0 Å². The smallest absolute Gasteiger partial charge is 0.319 e. The minimum Gasteiger partial charge on any atom is -0.319 e. The molecule has 0 unspecified atom stereocenters. The van der Waals surface area contributed by atoms with Crippen LogP contribution >= 0.6 is 0 Å². The molecule has 8 heteroatoms. The zero-order valence-corrected chi connectivity index (χ0v) is 15.7. The van der Waals surface area contributed by atoms with Crippen molar-refractivity contribution in [1.82, 2.24) is 10.6 Å². The first-order valence-corrected chi connectivity index (χ1v) is 8.27. The maximum Gasteiger partial charge on any atom is 0.438 e. The Morgan fingerprint density at radius 2 is 1.00 bits per heavy atom. The number of nitrogens with one attached hydrogen (secondary N) is 2. The Labute approximate surface area is 144 Å². The Bertz CT molecular complexity index is 338. The van der Waals surface area contributed by atoms with E-state index in [1.54, 1.807) is 41.5 Å². The average molecular weight is 348 g/mol. The molecule has 0 aromatic carbocycles. The lowest BCUT2D eigenvalue weighted by atomic mass is 10.2. The van der Waals surface area contributed by atoms with Gasteiger partial charge in [0.2, 0.25) is 0 Å². The molecule has 0 heterocycles. The Morgan fingerprint density at radius 1 is 0.667 bits per heavy atom. The lowest BCUT2D eigenvalue weighted by Gasteiger charge is -2.16. The molecule has 0 rings (SSSR count). The molecule has 0 saturated heterocycles. The largest absolute Gasteiger partial charge is 0.438 e. The van der Waals surface area contributed by atoms with Crippen molar-refractivity contribution in [2.45, 2.75) is 78.4 Å². The van der Waals surface area contributed by atoms with Gasteiger partial charge in [-0.05, 0) is 54.4 Å². The number of unbranched alkanes of at least 4 members (excludes halogenated alkanes) is 3. The number of hydrogen-bond donors (Lipinski definition) is 2. The van der Waals surface area contributed by atoms with Crippen molar-refractivity contribution in [3.8, 4) is 0 Å². The van der Waals surface area contributed by atoms with E-state index in [0.717, 1.165) is 25.7 Å². The normalized spacial score (nSPS) is 11.8. The van der Waals surface area contributed by atoms with Crippen molar-refractivity contribution in [3.63, 3.8) is 0 Å². The van der Waals surface area contributed by atoms with Crippen molar-refractivity contribution in [1.29, 1.82) is 0 Å². The Hall–Kier alpha value is -1.54. The molecule has 0 aromatic heterocycles. The second-order valence-electron chi connectivity index (χ2n) is 7.40. The van der Waals surface area contributed by atoms with Crippen molar-refractivity contribution in [3.05, 3.63) is 0 Å². The van der Waals surface area contributed by atoms with Gasteiger partial charge in [-0.25, -0.2) is 9.59 Å². The van der Waals surface area contributed by atoms with Gasteiger partial charge in [0.15, 0.2) is 0 Å². The number of rotatable bonds is 9. The van der Waals surface area contributed by atoms with Gasteiger partial charge in [0.1, 0.15) is 11.2 Å². The van der Waals surface area contributed by atoms with Crippen molar-refractivity contribution in [2.75, 3.05) is 13.1 Å². The summed E-state index contributed by atoms with van der Waals surface area (Å²) in [5, 5.41) is 5.21. The van der Waals surface area contributed by atoms with Gasteiger partial charge < -0.3 is 10.6 Å². The van der Waals surface area contributed by atoms with Crippen LogP contribution in [0.2, 0.25) is 0 Å². The highest BCUT2D eigenvalue weighted by Gasteiger charge is 2.15. The third-order valence-corrected chi connectivity index (χ3v) is 2.38. The molecule has 142 valence electrons. The summed E-state index contributed by atoms with van der Waals surface area (Å²) in [6, 6.07) is 0. The first-order valence-electron chi connectivity index (χ1n) is 8.27. The molecule has 0 bridgehead atoms. The van der Waals surface area contributed by atoms with Crippen LogP contribution in [0.1, 0.15) is 67.2 Å². The minimum absolute atomic E-state index is 0.515. The molecule has 8 nitrogen and oxygen atoms in total. The van der Waals surface area contributed by atoms with E-state index < -0.39 is 23.4 Å². The van der Waals surface area contributed by atoms with Crippen molar-refractivity contribution in [2.24, 2.45) is 0 Å². The van der Waals surface area contributed by atoms with Crippen LogP contribution < -0.4 is 10.6 Å². The van der Waals surface area contributed by atoms with E-state index in [4.69, 9.17) is 9.78 Å². The fourth-order valence-corrected chi connectivity index (χ4v) is 1.37. The summed E-state index contributed by atoms with van der Waals surface area (Å²) >= 11 is 0. The molecule has 0 radical (unpaired) electrons. The molecule has 0 aromatic rings. The topological polar surface area (TPSA) is 95.1 Å². The molecular formula is C16H32N2O6. The van der Waals surface area contributed by atoms with Crippen molar-refractivity contribution < 1.29 is 29.1 Å². The van der Waals surface area contributed by atoms with Gasteiger partial charge in [-0.2, -0.15) is 9.78 Å².